The molecule has 24 heavy (non-hydrogen) atoms. The Hall–Kier alpha value is -0.120. The molecule has 0 saturated carbocycles. The Kier molecular flexibility index (Phi) is 8.53. The maximum Gasteiger partial charge on any atom is 0.194 e. The molecule has 2 atom stereocenters. The van der Waals surface area contributed by atoms with Crippen molar-refractivity contribution in [1.29, 1.82) is 0 Å². The van der Waals surface area contributed by atoms with Crippen molar-refractivity contribution in [3.63, 3.8) is 0 Å². The van der Waals surface area contributed by atoms with Crippen LogP contribution in [0.2, 0.25) is 0 Å². The zero-order valence-electron chi connectivity index (χ0n) is 15.2. The van der Waals surface area contributed by atoms with E-state index in [0.29, 0.717) is 12.1 Å². The van der Waals surface area contributed by atoms with Crippen LogP contribution in [0.1, 0.15) is 26.2 Å². The largest absolute Gasteiger partial charge is 0.379 e. The van der Waals surface area contributed by atoms with Gasteiger partial charge in [-0.2, -0.15) is 0 Å². The fourth-order valence-electron chi connectivity index (χ4n) is 4.00. The first kappa shape index (κ1) is 20.2. The van der Waals surface area contributed by atoms with Gasteiger partial charge in [0.25, 0.3) is 0 Å². The summed E-state index contributed by atoms with van der Waals surface area (Å²) >= 11 is 0. The van der Waals surface area contributed by atoms with Gasteiger partial charge in [-0.05, 0) is 39.8 Å². The molecule has 3 rings (SSSR count). The fourth-order valence-corrected chi connectivity index (χ4v) is 4.00. The third-order valence-corrected chi connectivity index (χ3v) is 5.48. The molecule has 6 nitrogen and oxygen atoms in total. The van der Waals surface area contributed by atoms with Crippen molar-refractivity contribution in [1.82, 2.24) is 20.0 Å². The monoisotopic (exact) mass is 451 g/mol. The zero-order chi connectivity index (χ0) is 16.1. The second kappa shape index (κ2) is 10.1. The quantitative estimate of drug-likeness (QED) is 0.394. The number of aliphatic imine (C=N–C) groups is 1. The van der Waals surface area contributed by atoms with Crippen molar-refractivity contribution in [2.24, 2.45) is 4.99 Å². The maximum absolute atomic E-state index is 5.48. The smallest absolute Gasteiger partial charge is 0.194 e. The third-order valence-electron chi connectivity index (χ3n) is 5.48. The van der Waals surface area contributed by atoms with Crippen LogP contribution in [0.5, 0.6) is 0 Å². The predicted molar refractivity (Wildman–Crippen MR) is 109 cm³/mol. The minimum atomic E-state index is 0. The van der Waals surface area contributed by atoms with Crippen LogP contribution in [0.4, 0.5) is 0 Å². The highest BCUT2D eigenvalue weighted by atomic mass is 127. The van der Waals surface area contributed by atoms with E-state index in [1.165, 1.54) is 25.8 Å². The topological polar surface area (TPSA) is 43.3 Å². The second-order valence-corrected chi connectivity index (χ2v) is 7.01. The Morgan fingerprint density at radius 2 is 1.96 bits per heavy atom. The van der Waals surface area contributed by atoms with Crippen LogP contribution in [0, 0.1) is 0 Å². The first-order valence-corrected chi connectivity index (χ1v) is 9.33. The van der Waals surface area contributed by atoms with Gasteiger partial charge in [0.15, 0.2) is 5.96 Å². The molecule has 2 unspecified atom stereocenters. The molecule has 0 aromatic carbocycles. The molecule has 7 heteroatoms. The van der Waals surface area contributed by atoms with Crippen LogP contribution < -0.4 is 5.32 Å². The summed E-state index contributed by atoms with van der Waals surface area (Å²) in [6.45, 7) is 11.4. The van der Waals surface area contributed by atoms with E-state index in [4.69, 9.17) is 9.73 Å². The molecule has 3 saturated heterocycles. The number of nitrogens with zero attached hydrogens (tertiary/aromatic N) is 4. The number of ether oxygens (including phenoxy) is 1. The van der Waals surface area contributed by atoms with E-state index >= 15 is 0 Å². The number of likely N-dealkylation sites (N-methyl/N-ethyl adjacent to an activating group) is 1. The van der Waals surface area contributed by atoms with Gasteiger partial charge < -0.3 is 19.9 Å². The summed E-state index contributed by atoms with van der Waals surface area (Å²) < 4.78 is 5.48. The summed E-state index contributed by atoms with van der Waals surface area (Å²) in [5.74, 6) is 1.11. The van der Waals surface area contributed by atoms with Crippen LogP contribution in [0.3, 0.4) is 0 Å². The van der Waals surface area contributed by atoms with Crippen molar-refractivity contribution in [2.45, 2.75) is 38.3 Å². The van der Waals surface area contributed by atoms with Crippen LogP contribution in [0.15, 0.2) is 4.99 Å². The van der Waals surface area contributed by atoms with Gasteiger partial charge in [0.05, 0.1) is 19.8 Å². The molecule has 0 radical (unpaired) electrons. The molecule has 3 heterocycles. The lowest BCUT2D eigenvalue weighted by Gasteiger charge is -2.32. The van der Waals surface area contributed by atoms with Crippen molar-refractivity contribution in [2.75, 3.05) is 66.1 Å². The van der Waals surface area contributed by atoms with Gasteiger partial charge >= 0.3 is 0 Å². The number of nitrogens with one attached hydrogen (secondary N) is 1. The minimum Gasteiger partial charge on any atom is -0.379 e. The van der Waals surface area contributed by atoms with Gasteiger partial charge in [0.1, 0.15) is 0 Å². The molecule has 0 amide bonds. The van der Waals surface area contributed by atoms with Gasteiger partial charge in [-0.3, -0.25) is 9.89 Å². The molecular weight excluding hydrogens is 417 g/mol. The number of guanidine groups is 1. The lowest BCUT2D eigenvalue weighted by atomic mass is 10.2. The molecular formula is C17H34IN5O. The fraction of sp³-hybridized carbons (Fsp3) is 0.941. The van der Waals surface area contributed by atoms with E-state index < -0.39 is 0 Å². The minimum absolute atomic E-state index is 0. The van der Waals surface area contributed by atoms with Crippen molar-refractivity contribution < 1.29 is 4.74 Å². The first-order chi connectivity index (χ1) is 11.3. The average Bonchev–Trinajstić information content (AvgIpc) is 3.22. The molecule has 0 bridgehead atoms. The number of hydrogen-bond acceptors (Lipinski definition) is 4. The Morgan fingerprint density at radius 1 is 1.17 bits per heavy atom. The Bertz CT molecular complexity index is 402. The van der Waals surface area contributed by atoms with Gasteiger partial charge in [0.2, 0.25) is 0 Å². The van der Waals surface area contributed by atoms with Crippen molar-refractivity contribution in [3.05, 3.63) is 0 Å². The summed E-state index contributed by atoms with van der Waals surface area (Å²) in [7, 11) is 2.23. The van der Waals surface area contributed by atoms with Crippen molar-refractivity contribution in [3.8, 4) is 0 Å². The number of hydrogen-bond donors (Lipinski definition) is 1. The Morgan fingerprint density at radius 3 is 2.62 bits per heavy atom. The molecule has 0 aromatic heterocycles. The molecule has 3 aliphatic heterocycles. The number of halogens is 1. The summed E-state index contributed by atoms with van der Waals surface area (Å²) in [6.07, 6.45) is 3.85. The van der Waals surface area contributed by atoms with Crippen LogP contribution in [-0.2, 0) is 4.74 Å². The molecule has 0 spiro atoms. The molecule has 3 fully saturated rings. The highest BCUT2D eigenvalue weighted by Gasteiger charge is 2.30. The summed E-state index contributed by atoms with van der Waals surface area (Å²) in [5, 5.41) is 3.50. The lowest BCUT2D eigenvalue weighted by Crippen LogP contribution is -2.47. The van der Waals surface area contributed by atoms with Crippen molar-refractivity contribution >= 4 is 29.9 Å². The Labute approximate surface area is 164 Å². The van der Waals surface area contributed by atoms with E-state index in [-0.39, 0.29) is 24.0 Å². The van der Waals surface area contributed by atoms with Gasteiger partial charge in [-0.25, -0.2) is 0 Å². The van der Waals surface area contributed by atoms with Crippen LogP contribution >= 0.6 is 24.0 Å². The van der Waals surface area contributed by atoms with E-state index in [1.807, 2.05) is 0 Å². The number of rotatable bonds is 4. The number of morpholine rings is 1. The predicted octanol–water partition coefficient (Wildman–Crippen LogP) is 1.07. The number of likely N-dealkylation sites (tertiary alicyclic amines) is 2. The van der Waals surface area contributed by atoms with Gasteiger partial charge in [-0.1, -0.05) is 0 Å². The van der Waals surface area contributed by atoms with Crippen LogP contribution in [0.25, 0.3) is 0 Å². The third kappa shape index (κ3) is 5.19. The second-order valence-electron chi connectivity index (χ2n) is 7.01. The summed E-state index contributed by atoms with van der Waals surface area (Å²) in [5.41, 5.74) is 0. The lowest BCUT2D eigenvalue weighted by molar-refractivity contribution is 0.0195. The van der Waals surface area contributed by atoms with Gasteiger partial charge in [0, 0.05) is 44.8 Å². The molecule has 3 aliphatic rings. The zero-order valence-corrected chi connectivity index (χ0v) is 17.6. The van der Waals surface area contributed by atoms with E-state index in [0.717, 1.165) is 58.4 Å². The SMILES string of the molecule is CCNC(=NCC1CCCN1C)N1CCC(N2CCOCC2)C1.I. The highest BCUT2D eigenvalue weighted by molar-refractivity contribution is 14.0. The van der Waals surface area contributed by atoms with Crippen LogP contribution in [-0.4, -0.2) is 98.8 Å². The van der Waals surface area contributed by atoms with E-state index in [1.54, 1.807) is 0 Å². The summed E-state index contributed by atoms with van der Waals surface area (Å²) in [4.78, 5) is 12.5. The Balaban J connectivity index is 0.00000208. The van der Waals surface area contributed by atoms with E-state index in [2.05, 4.69) is 34.0 Å². The average molecular weight is 451 g/mol. The summed E-state index contributed by atoms with van der Waals surface area (Å²) in [6, 6.07) is 1.29. The maximum atomic E-state index is 5.48. The highest BCUT2D eigenvalue weighted by Crippen LogP contribution is 2.18. The molecule has 0 aliphatic carbocycles. The van der Waals surface area contributed by atoms with E-state index in [9.17, 15) is 0 Å². The van der Waals surface area contributed by atoms with Gasteiger partial charge in [-0.15, -0.1) is 24.0 Å². The molecule has 140 valence electrons. The molecule has 0 aromatic rings. The molecule has 1 N–H and O–H groups in total. The standard InChI is InChI=1S/C17H33N5O.HI/c1-3-18-17(19-13-15-5-4-7-20(15)2)22-8-6-16(14-22)21-9-11-23-12-10-21;/h15-16H,3-14H2,1-2H3,(H,18,19);1H. The normalized spacial score (nSPS) is 29.8. The first-order valence-electron chi connectivity index (χ1n) is 9.33.